The lowest BCUT2D eigenvalue weighted by atomic mass is 10.1. The largest absolute Gasteiger partial charge is 0.388 e. The highest BCUT2D eigenvalue weighted by Gasteiger charge is 2.09. The average Bonchev–Trinajstić information content (AvgIpc) is 2.52. The van der Waals surface area contributed by atoms with E-state index in [1.165, 1.54) is 0 Å². The topological polar surface area (TPSA) is 64.9 Å². The van der Waals surface area contributed by atoms with Crippen LogP contribution < -0.4 is 10.6 Å². The fourth-order valence-corrected chi connectivity index (χ4v) is 2.10. The lowest BCUT2D eigenvalue weighted by molar-refractivity contribution is 0.0950. The SMILES string of the molecule is CNc1ccc(C(=O)NCc2cccc(C#N)c2)c(C)c1. The Morgan fingerprint density at radius 2 is 2.05 bits per heavy atom. The molecule has 2 N–H and O–H groups in total. The number of nitrogens with one attached hydrogen (secondary N) is 2. The van der Waals surface area contributed by atoms with Crippen molar-refractivity contribution in [2.24, 2.45) is 0 Å². The second kappa shape index (κ2) is 6.58. The molecule has 0 saturated heterocycles. The third-order valence-corrected chi connectivity index (χ3v) is 3.27. The zero-order valence-electron chi connectivity index (χ0n) is 12.1. The van der Waals surface area contributed by atoms with Crippen molar-refractivity contribution in [2.75, 3.05) is 12.4 Å². The Morgan fingerprint density at radius 1 is 1.24 bits per heavy atom. The van der Waals surface area contributed by atoms with E-state index in [0.29, 0.717) is 17.7 Å². The number of hydrogen-bond acceptors (Lipinski definition) is 3. The summed E-state index contributed by atoms with van der Waals surface area (Å²) in [6, 6.07) is 14.9. The zero-order valence-corrected chi connectivity index (χ0v) is 12.1. The summed E-state index contributed by atoms with van der Waals surface area (Å²) in [5.74, 6) is -0.113. The lowest BCUT2D eigenvalue weighted by Gasteiger charge is -2.09. The molecule has 2 aromatic rings. The summed E-state index contributed by atoms with van der Waals surface area (Å²) in [5.41, 5.74) is 4.06. The summed E-state index contributed by atoms with van der Waals surface area (Å²) in [4.78, 5) is 12.2. The second-order valence-corrected chi connectivity index (χ2v) is 4.77. The molecule has 0 aliphatic heterocycles. The van der Waals surface area contributed by atoms with Crippen LogP contribution in [0.2, 0.25) is 0 Å². The van der Waals surface area contributed by atoms with Crippen LogP contribution in [0.15, 0.2) is 42.5 Å². The normalized spacial score (nSPS) is 9.76. The first-order chi connectivity index (χ1) is 10.1. The van der Waals surface area contributed by atoms with Gasteiger partial charge in [0.1, 0.15) is 0 Å². The summed E-state index contributed by atoms with van der Waals surface area (Å²) in [5, 5.41) is 14.8. The number of carbonyl (C=O) groups excluding carboxylic acids is 1. The van der Waals surface area contributed by atoms with Gasteiger partial charge in [0.15, 0.2) is 0 Å². The fourth-order valence-electron chi connectivity index (χ4n) is 2.10. The number of aryl methyl sites for hydroxylation is 1. The minimum atomic E-state index is -0.113. The van der Waals surface area contributed by atoms with Crippen molar-refractivity contribution in [3.63, 3.8) is 0 Å². The molecule has 21 heavy (non-hydrogen) atoms. The number of carbonyl (C=O) groups is 1. The predicted octanol–water partition coefficient (Wildman–Crippen LogP) is 2.84. The predicted molar refractivity (Wildman–Crippen MR) is 83.1 cm³/mol. The molecule has 1 amide bonds. The molecule has 0 heterocycles. The summed E-state index contributed by atoms with van der Waals surface area (Å²) < 4.78 is 0. The molecule has 0 saturated carbocycles. The third kappa shape index (κ3) is 3.61. The molecule has 0 aliphatic carbocycles. The number of nitrogens with zero attached hydrogens (tertiary/aromatic N) is 1. The maximum Gasteiger partial charge on any atom is 0.251 e. The zero-order chi connectivity index (χ0) is 15.2. The summed E-state index contributed by atoms with van der Waals surface area (Å²) >= 11 is 0. The van der Waals surface area contributed by atoms with Gasteiger partial charge in [-0.25, -0.2) is 0 Å². The van der Waals surface area contributed by atoms with Crippen LogP contribution in [0.4, 0.5) is 5.69 Å². The van der Waals surface area contributed by atoms with Gasteiger partial charge in [-0.15, -0.1) is 0 Å². The molecule has 4 nitrogen and oxygen atoms in total. The molecular weight excluding hydrogens is 262 g/mol. The van der Waals surface area contributed by atoms with Gasteiger partial charge in [0.2, 0.25) is 0 Å². The fraction of sp³-hybridized carbons (Fsp3) is 0.176. The summed E-state index contributed by atoms with van der Waals surface area (Å²) in [6.07, 6.45) is 0. The van der Waals surface area contributed by atoms with Crippen molar-refractivity contribution in [1.82, 2.24) is 5.32 Å². The van der Waals surface area contributed by atoms with Crippen molar-refractivity contribution >= 4 is 11.6 Å². The number of benzene rings is 2. The van der Waals surface area contributed by atoms with Crippen molar-refractivity contribution in [2.45, 2.75) is 13.5 Å². The minimum absolute atomic E-state index is 0.113. The van der Waals surface area contributed by atoms with Gasteiger partial charge < -0.3 is 10.6 Å². The maximum absolute atomic E-state index is 12.2. The molecule has 0 spiro atoms. The van der Waals surface area contributed by atoms with E-state index in [0.717, 1.165) is 16.8 Å². The third-order valence-electron chi connectivity index (χ3n) is 3.27. The van der Waals surface area contributed by atoms with E-state index in [2.05, 4.69) is 16.7 Å². The van der Waals surface area contributed by atoms with E-state index >= 15 is 0 Å². The van der Waals surface area contributed by atoms with Crippen LogP contribution >= 0.6 is 0 Å². The van der Waals surface area contributed by atoms with Crippen LogP contribution in [0.25, 0.3) is 0 Å². The Balaban J connectivity index is 2.06. The van der Waals surface area contributed by atoms with Gasteiger partial charge in [-0.2, -0.15) is 5.26 Å². The van der Waals surface area contributed by atoms with Gasteiger partial charge >= 0.3 is 0 Å². The van der Waals surface area contributed by atoms with E-state index in [4.69, 9.17) is 5.26 Å². The molecule has 0 bridgehead atoms. The van der Waals surface area contributed by atoms with Gasteiger partial charge in [0.25, 0.3) is 5.91 Å². The van der Waals surface area contributed by atoms with E-state index in [1.807, 2.05) is 44.3 Å². The molecule has 106 valence electrons. The molecular formula is C17H17N3O. The standard InChI is InChI=1S/C17H17N3O/c1-12-8-15(19-2)6-7-16(12)17(21)20-11-14-5-3-4-13(9-14)10-18/h3-9,19H,11H2,1-2H3,(H,20,21). The molecule has 2 aromatic carbocycles. The summed E-state index contributed by atoms with van der Waals surface area (Å²) in [6.45, 7) is 2.31. The highest BCUT2D eigenvalue weighted by atomic mass is 16.1. The van der Waals surface area contributed by atoms with Crippen molar-refractivity contribution in [3.8, 4) is 6.07 Å². The van der Waals surface area contributed by atoms with Gasteiger partial charge in [-0.05, 0) is 48.4 Å². The number of anilines is 1. The highest BCUT2D eigenvalue weighted by molar-refractivity contribution is 5.96. The molecule has 0 aliphatic rings. The van der Waals surface area contributed by atoms with Crippen molar-refractivity contribution in [1.29, 1.82) is 5.26 Å². The Bertz CT molecular complexity index is 701. The molecule has 4 heteroatoms. The van der Waals surface area contributed by atoms with E-state index in [1.54, 1.807) is 12.1 Å². The van der Waals surface area contributed by atoms with Gasteiger partial charge in [0, 0.05) is 24.8 Å². The Hall–Kier alpha value is -2.80. The number of rotatable bonds is 4. The van der Waals surface area contributed by atoms with Crippen LogP contribution in [0.5, 0.6) is 0 Å². The first-order valence-corrected chi connectivity index (χ1v) is 6.69. The second-order valence-electron chi connectivity index (χ2n) is 4.77. The quantitative estimate of drug-likeness (QED) is 0.904. The lowest BCUT2D eigenvalue weighted by Crippen LogP contribution is -2.23. The monoisotopic (exact) mass is 279 g/mol. The van der Waals surface area contributed by atoms with Gasteiger partial charge in [-0.1, -0.05) is 12.1 Å². The molecule has 0 aromatic heterocycles. The van der Waals surface area contributed by atoms with Crippen LogP contribution in [-0.4, -0.2) is 13.0 Å². The Kier molecular flexibility index (Phi) is 4.57. The van der Waals surface area contributed by atoms with Crippen LogP contribution in [-0.2, 0) is 6.54 Å². The van der Waals surface area contributed by atoms with E-state index in [9.17, 15) is 4.79 Å². The van der Waals surface area contributed by atoms with Crippen LogP contribution in [0.1, 0.15) is 27.0 Å². The molecule has 0 unspecified atom stereocenters. The molecule has 0 radical (unpaired) electrons. The minimum Gasteiger partial charge on any atom is -0.388 e. The Labute approximate surface area is 124 Å². The van der Waals surface area contributed by atoms with E-state index in [-0.39, 0.29) is 5.91 Å². The van der Waals surface area contributed by atoms with Gasteiger partial charge in [-0.3, -0.25) is 4.79 Å². The Morgan fingerprint density at radius 3 is 2.71 bits per heavy atom. The first-order valence-electron chi connectivity index (χ1n) is 6.69. The van der Waals surface area contributed by atoms with Crippen molar-refractivity contribution < 1.29 is 4.79 Å². The number of hydrogen-bond donors (Lipinski definition) is 2. The van der Waals surface area contributed by atoms with Crippen LogP contribution in [0.3, 0.4) is 0 Å². The van der Waals surface area contributed by atoms with Crippen molar-refractivity contribution in [3.05, 3.63) is 64.7 Å². The number of nitriles is 1. The number of amides is 1. The molecule has 2 rings (SSSR count). The molecule has 0 fully saturated rings. The molecule has 0 atom stereocenters. The first kappa shape index (κ1) is 14.6. The highest BCUT2D eigenvalue weighted by Crippen LogP contribution is 2.15. The summed E-state index contributed by atoms with van der Waals surface area (Å²) in [7, 11) is 1.84. The average molecular weight is 279 g/mol. The van der Waals surface area contributed by atoms with E-state index < -0.39 is 0 Å². The van der Waals surface area contributed by atoms with Crippen LogP contribution in [0, 0.1) is 18.3 Å². The smallest absolute Gasteiger partial charge is 0.251 e. The maximum atomic E-state index is 12.2. The van der Waals surface area contributed by atoms with Gasteiger partial charge in [0.05, 0.1) is 11.6 Å².